The molecule has 3 heterocycles. The van der Waals surface area contributed by atoms with Crippen LogP contribution in [0.4, 0.5) is 0 Å². The van der Waals surface area contributed by atoms with Crippen LogP contribution in [0.15, 0.2) is 41.1 Å². The van der Waals surface area contributed by atoms with Gasteiger partial charge in [0.1, 0.15) is 12.0 Å². The van der Waals surface area contributed by atoms with E-state index in [1.807, 2.05) is 29.2 Å². The molecule has 0 spiro atoms. The van der Waals surface area contributed by atoms with Gasteiger partial charge in [-0.25, -0.2) is 4.98 Å². The fraction of sp³-hybridized carbons (Fsp3) is 0.391. The first kappa shape index (κ1) is 21.2. The Kier molecular flexibility index (Phi) is 5.97. The Balaban J connectivity index is 1.39. The van der Waals surface area contributed by atoms with E-state index < -0.39 is 0 Å². The van der Waals surface area contributed by atoms with Crippen molar-refractivity contribution < 1.29 is 14.1 Å². The van der Waals surface area contributed by atoms with Gasteiger partial charge in [-0.05, 0) is 49.8 Å². The summed E-state index contributed by atoms with van der Waals surface area (Å²) < 4.78 is 4.74. The largest absolute Gasteiger partial charge is 0.364 e. The molecular formula is C23H23ClN4O3S. The molecule has 2 amide bonds. The molecule has 166 valence electrons. The lowest BCUT2D eigenvalue weighted by atomic mass is 10.0. The number of halogens is 1. The Morgan fingerprint density at radius 3 is 2.84 bits per heavy atom. The summed E-state index contributed by atoms with van der Waals surface area (Å²) in [6.45, 7) is 1.01. The van der Waals surface area contributed by atoms with Gasteiger partial charge in [0.2, 0.25) is 0 Å². The van der Waals surface area contributed by atoms with Crippen molar-refractivity contribution in [1.29, 1.82) is 0 Å². The number of amides is 2. The quantitative estimate of drug-likeness (QED) is 0.561. The number of hydrogen-bond acceptors (Lipinski definition) is 6. The van der Waals surface area contributed by atoms with E-state index >= 15 is 0 Å². The van der Waals surface area contributed by atoms with Crippen LogP contribution < -0.4 is 5.32 Å². The van der Waals surface area contributed by atoms with Crippen LogP contribution in [-0.2, 0) is 0 Å². The molecule has 1 saturated carbocycles. The third kappa shape index (κ3) is 4.42. The predicted octanol–water partition coefficient (Wildman–Crippen LogP) is 4.75. The Bertz CT molecular complexity index is 1130. The van der Waals surface area contributed by atoms with Gasteiger partial charge in [0.15, 0.2) is 5.69 Å². The van der Waals surface area contributed by atoms with Crippen molar-refractivity contribution in [3.05, 3.63) is 58.0 Å². The second-order valence-electron chi connectivity index (χ2n) is 8.26. The number of aromatic nitrogens is 2. The third-order valence-electron chi connectivity index (χ3n) is 5.92. The maximum atomic E-state index is 13.7. The van der Waals surface area contributed by atoms with Crippen LogP contribution in [0.2, 0.25) is 5.02 Å². The normalized spacial score (nSPS) is 18.5. The van der Waals surface area contributed by atoms with Gasteiger partial charge >= 0.3 is 0 Å². The van der Waals surface area contributed by atoms with Gasteiger partial charge in [0.05, 0.1) is 9.88 Å². The summed E-state index contributed by atoms with van der Waals surface area (Å²) in [4.78, 5) is 33.5. The van der Waals surface area contributed by atoms with Gasteiger partial charge in [-0.2, -0.15) is 0 Å². The Hall–Kier alpha value is -2.71. The minimum Gasteiger partial charge on any atom is -0.364 e. The highest BCUT2D eigenvalue weighted by Crippen LogP contribution is 2.45. The van der Waals surface area contributed by atoms with Crippen molar-refractivity contribution in [1.82, 2.24) is 20.4 Å². The number of rotatable bonds is 6. The van der Waals surface area contributed by atoms with Crippen molar-refractivity contribution in [2.24, 2.45) is 0 Å². The fourth-order valence-electron chi connectivity index (χ4n) is 4.06. The van der Waals surface area contributed by atoms with Crippen molar-refractivity contribution in [2.45, 2.75) is 44.1 Å². The van der Waals surface area contributed by atoms with Crippen LogP contribution in [0.5, 0.6) is 0 Å². The molecule has 1 N–H and O–H groups in total. The molecule has 1 aliphatic carbocycles. The van der Waals surface area contributed by atoms with Gasteiger partial charge in [0, 0.05) is 36.1 Å². The van der Waals surface area contributed by atoms with Crippen molar-refractivity contribution in [2.75, 3.05) is 13.1 Å². The number of nitrogens with zero attached hydrogens (tertiary/aromatic N) is 3. The zero-order chi connectivity index (χ0) is 22.1. The number of nitrogens with one attached hydrogen (secondary N) is 1. The number of hydrogen-bond donors (Lipinski definition) is 1. The smallest absolute Gasteiger partial charge is 0.274 e. The highest BCUT2D eigenvalue weighted by atomic mass is 35.5. The van der Waals surface area contributed by atoms with E-state index in [9.17, 15) is 9.59 Å². The van der Waals surface area contributed by atoms with E-state index in [-0.39, 0.29) is 23.6 Å². The van der Waals surface area contributed by atoms with Crippen LogP contribution in [0.25, 0.3) is 10.4 Å². The minimum absolute atomic E-state index is 0.0801. The molecule has 9 heteroatoms. The zero-order valence-electron chi connectivity index (χ0n) is 17.4. The number of carbonyl (C=O) groups excluding carboxylic acids is 2. The molecule has 2 aliphatic rings. The van der Waals surface area contributed by atoms with Crippen LogP contribution >= 0.6 is 22.9 Å². The summed E-state index contributed by atoms with van der Waals surface area (Å²) in [5.74, 6) is 0.0721. The summed E-state index contributed by atoms with van der Waals surface area (Å²) in [5.41, 5.74) is 1.64. The molecule has 5 rings (SSSR count). The number of carbonyl (C=O) groups is 2. The van der Waals surface area contributed by atoms with E-state index in [0.717, 1.165) is 47.6 Å². The summed E-state index contributed by atoms with van der Waals surface area (Å²) in [6.07, 6.45) is 6.39. The van der Waals surface area contributed by atoms with Crippen molar-refractivity contribution >= 4 is 34.8 Å². The van der Waals surface area contributed by atoms with E-state index in [2.05, 4.69) is 10.5 Å². The van der Waals surface area contributed by atoms with E-state index in [1.165, 1.54) is 12.3 Å². The van der Waals surface area contributed by atoms with Crippen molar-refractivity contribution in [3.8, 4) is 10.4 Å². The molecule has 0 bridgehead atoms. The molecule has 2 aromatic heterocycles. The molecule has 1 unspecified atom stereocenters. The highest BCUT2D eigenvalue weighted by molar-refractivity contribution is 7.15. The lowest BCUT2D eigenvalue weighted by Crippen LogP contribution is -2.49. The molecule has 1 aromatic carbocycles. The molecule has 7 nitrogen and oxygen atoms in total. The number of piperidine rings is 1. The maximum Gasteiger partial charge on any atom is 0.274 e. The summed E-state index contributed by atoms with van der Waals surface area (Å²) >= 11 is 7.83. The lowest BCUT2D eigenvalue weighted by Gasteiger charge is -2.35. The molecule has 32 heavy (non-hydrogen) atoms. The lowest BCUT2D eigenvalue weighted by molar-refractivity contribution is 0.0597. The van der Waals surface area contributed by atoms with Gasteiger partial charge in [0.25, 0.3) is 11.8 Å². The molecular weight excluding hydrogens is 448 g/mol. The summed E-state index contributed by atoms with van der Waals surface area (Å²) in [5, 5.41) is 8.22. The van der Waals surface area contributed by atoms with Crippen LogP contribution in [0.3, 0.4) is 0 Å². The maximum absolute atomic E-state index is 13.7. The second-order valence-corrected chi connectivity index (χ2v) is 9.72. The predicted molar refractivity (Wildman–Crippen MR) is 122 cm³/mol. The van der Waals surface area contributed by atoms with Crippen LogP contribution in [-0.4, -0.2) is 46.0 Å². The fourth-order valence-corrected chi connectivity index (χ4v) is 5.47. The first-order valence-electron chi connectivity index (χ1n) is 10.9. The van der Waals surface area contributed by atoms with Gasteiger partial charge < -0.3 is 14.7 Å². The number of likely N-dealkylation sites (tertiary alicyclic amines) is 1. The topological polar surface area (TPSA) is 88.3 Å². The van der Waals surface area contributed by atoms with Crippen molar-refractivity contribution in [3.63, 3.8) is 0 Å². The summed E-state index contributed by atoms with van der Waals surface area (Å²) in [7, 11) is 0. The standard InChI is InChI=1S/C23H23ClN4O3S/c24-16-5-3-4-15(12-16)20-19(26-22(32-20)14-7-8-14)23(30)28-10-2-1-6-17(28)13-25-21(29)18-9-11-31-27-18/h3-5,9,11-12,14,17H,1-2,6-8,10,13H2,(H,25,29). The number of benzene rings is 1. The molecule has 3 aromatic rings. The molecule has 2 fully saturated rings. The van der Waals surface area contributed by atoms with Gasteiger partial charge in [-0.15, -0.1) is 11.3 Å². The van der Waals surface area contributed by atoms with E-state index in [0.29, 0.717) is 29.7 Å². The molecule has 0 radical (unpaired) electrons. The zero-order valence-corrected chi connectivity index (χ0v) is 19.0. The average Bonchev–Trinajstić information content (AvgIpc) is 3.33. The Labute approximate surface area is 194 Å². The van der Waals surface area contributed by atoms with Gasteiger partial charge in [-0.3, -0.25) is 9.59 Å². The Morgan fingerprint density at radius 2 is 2.09 bits per heavy atom. The molecule has 1 aliphatic heterocycles. The minimum atomic E-state index is -0.305. The monoisotopic (exact) mass is 470 g/mol. The van der Waals surface area contributed by atoms with Crippen LogP contribution in [0, 0.1) is 0 Å². The SMILES string of the molecule is O=C(NCC1CCCCN1C(=O)c1nc(C2CC2)sc1-c1cccc(Cl)c1)c1ccon1. The van der Waals surface area contributed by atoms with Crippen LogP contribution in [0.1, 0.15) is 64.0 Å². The van der Waals surface area contributed by atoms with E-state index in [4.69, 9.17) is 21.1 Å². The Morgan fingerprint density at radius 1 is 1.22 bits per heavy atom. The van der Waals surface area contributed by atoms with Gasteiger partial charge in [-0.1, -0.05) is 28.9 Å². The first-order valence-corrected chi connectivity index (χ1v) is 12.1. The van der Waals surface area contributed by atoms with E-state index in [1.54, 1.807) is 11.3 Å². The molecule has 1 saturated heterocycles. The molecule has 1 atom stereocenters. The average molecular weight is 471 g/mol. The first-order chi connectivity index (χ1) is 15.6. The second kappa shape index (κ2) is 9.03. The highest BCUT2D eigenvalue weighted by Gasteiger charge is 2.34. The third-order valence-corrected chi connectivity index (χ3v) is 7.42. The number of thiazole rings is 1. The summed E-state index contributed by atoms with van der Waals surface area (Å²) in [6, 6.07) is 9.00.